The standard InChI is InChI=1S/C14H26N4O2/c15-12(16)14(6-4-2-1-3-5-7-14)17-13(19)18-8-10-20-11-9-18/h1-11H2,(H3,15,16)(H,17,19). The average molecular weight is 282 g/mol. The molecule has 1 heterocycles. The first-order chi connectivity index (χ1) is 9.64. The van der Waals surface area contributed by atoms with E-state index in [0.29, 0.717) is 26.3 Å². The number of rotatable bonds is 2. The highest BCUT2D eigenvalue weighted by Crippen LogP contribution is 2.26. The molecule has 4 N–H and O–H groups in total. The molecule has 2 rings (SSSR count). The van der Waals surface area contributed by atoms with Crippen LogP contribution in [0.4, 0.5) is 4.79 Å². The van der Waals surface area contributed by atoms with Crippen molar-refractivity contribution < 1.29 is 9.53 Å². The number of urea groups is 1. The number of amides is 2. The predicted octanol–water partition coefficient (Wildman–Crippen LogP) is 1.45. The molecule has 1 aliphatic heterocycles. The molecule has 0 atom stereocenters. The maximum absolute atomic E-state index is 12.4. The highest BCUT2D eigenvalue weighted by Gasteiger charge is 2.36. The molecule has 20 heavy (non-hydrogen) atoms. The molecule has 1 saturated heterocycles. The average Bonchev–Trinajstić information content (AvgIpc) is 2.42. The van der Waals surface area contributed by atoms with E-state index in [2.05, 4.69) is 5.32 Å². The summed E-state index contributed by atoms with van der Waals surface area (Å²) in [5.41, 5.74) is 5.18. The van der Waals surface area contributed by atoms with Crippen LogP contribution in [0, 0.1) is 5.41 Å². The smallest absolute Gasteiger partial charge is 0.318 e. The zero-order valence-corrected chi connectivity index (χ0v) is 12.1. The molecule has 6 heteroatoms. The summed E-state index contributed by atoms with van der Waals surface area (Å²) in [6.07, 6.45) is 7.14. The van der Waals surface area contributed by atoms with Crippen LogP contribution in [-0.2, 0) is 4.74 Å². The van der Waals surface area contributed by atoms with E-state index in [0.717, 1.165) is 38.5 Å². The van der Waals surface area contributed by atoms with Gasteiger partial charge in [-0.3, -0.25) is 5.41 Å². The Hall–Kier alpha value is -1.30. The normalized spacial score (nSPS) is 23.5. The lowest BCUT2D eigenvalue weighted by molar-refractivity contribution is 0.0514. The monoisotopic (exact) mass is 282 g/mol. The van der Waals surface area contributed by atoms with Crippen molar-refractivity contribution in [1.82, 2.24) is 10.2 Å². The number of nitrogens with two attached hydrogens (primary N) is 1. The van der Waals surface area contributed by atoms with Crippen molar-refractivity contribution in [1.29, 1.82) is 5.41 Å². The number of nitrogens with zero attached hydrogens (tertiary/aromatic N) is 1. The summed E-state index contributed by atoms with van der Waals surface area (Å²) in [5, 5.41) is 11.0. The van der Waals surface area contributed by atoms with Gasteiger partial charge in [0.25, 0.3) is 0 Å². The highest BCUT2D eigenvalue weighted by molar-refractivity contribution is 5.91. The third-order valence-electron chi connectivity index (χ3n) is 4.37. The highest BCUT2D eigenvalue weighted by atomic mass is 16.5. The van der Waals surface area contributed by atoms with E-state index in [1.807, 2.05) is 0 Å². The summed E-state index contributed by atoms with van der Waals surface area (Å²) in [6.45, 7) is 2.39. The molecule has 1 aliphatic carbocycles. The van der Waals surface area contributed by atoms with Gasteiger partial charge in [-0.15, -0.1) is 0 Å². The molecular formula is C14H26N4O2. The van der Waals surface area contributed by atoms with Gasteiger partial charge in [-0.05, 0) is 12.8 Å². The topological polar surface area (TPSA) is 91.4 Å². The molecule has 2 fully saturated rings. The van der Waals surface area contributed by atoms with Gasteiger partial charge in [-0.1, -0.05) is 32.1 Å². The fourth-order valence-electron chi connectivity index (χ4n) is 3.02. The molecular weight excluding hydrogens is 256 g/mol. The number of hydrogen-bond acceptors (Lipinski definition) is 3. The lowest BCUT2D eigenvalue weighted by Gasteiger charge is -2.38. The van der Waals surface area contributed by atoms with Crippen LogP contribution in [0.3, 0.4) is 0 Å². The minimum atomic E-state index is -0.643. The minimum Gasteiger partial charge on any atom is -0.386 e. The lowest BCUT2D eigenvalue weighted by atomic mass is 9.83. The molecule has 114 valence electrons. The Balaban J connectivity index is 2.02. The molecule has 0 radical (unpaired) electrons. The summed E-state index contributed by atoms with van der Waals surface area (Å²) in [4.78, 5) is 14.1. The summed E-state index contributed by atoms with van der Waals surface area (Å²) in [6, 6.07) is -0.107. The zero-order chi connectivity index (χ0) is 14.4. The van der Waals surface area contributed by atoms with Crippen molar-refractivity contribution >= 4 is 11.9 Å². The molecule has 0 aromatic rings. The van der Waals surface area contributed by atoms with E-state index in [9.17, 15) is 4.79 Å². The summed E-state index contributed by atoms with van der Waals surface area (Å²) in [5.74, 6) is 0.0982. The van der Waals surface area contributed by atoms with Crippen molar-refractivity contribution in [2.24, 2.45) is 5.73 Å². The minimum absolute atomic E-state index is 0.0982. The van der Waals surface area contributed by atoms with Gasteiger partial charge in [0.1, 0.15) is 5.84 Å². The molecule has 2 amide bonds. The summed E-state index contributed by atoms with van der Waals surface area (Å²) < 4.78 is 5.26. The van der Waals surface area contributed by atoms with Crippen LogP contribution in [-0.4, -0.2) is 48.6 Å². The third kappa shape index (κ3) is 3.62. The maximum Gasteiger partial charge on any atom is 0.318 e. The lowest BCUT2D eigenvalue weighted by Crippen LogP contribution is -2.61. The second kappa shape index (κ2) is 6.92. The van der Waals surface area contributed by atoms with E-state index in [1.54, 1.807) is 4.90 Å². The first-order valence-electron chi connectivity index (χ1n) is 7.63. The quantitative estimate of drug-likeness (QED) is 0.529. The Morgan fingerprint density at radius 1 is 1.10 bits per heavy atom. The third-order valence-corrected chi connectivity index (χ3v) is 4.37. The van der Waals surface area contributed by atoms with Crippen LogP contribution in [0.2, 0.25) is 0 Å². The van der Waals surface area contributed by atoms with Gasteiger partial charge in [0.15, 0.2) is 0 Å². The van der Waals surface area contributed by atoms with Crippen LogP contribution < -0.4 is 11.1 Å². The van der Waals surface area contributed by atoms with Crippen molar-refractivity contribution in [3.63, 3.8) is 0 Å². The van der Waals surface area contributed by atoms with E-state index >= 15 is 0 Å². The van der Waals surface area contributed by atoms with Gasteiger partial charge < -0.3 is 20.7 Å². The zero-order valence-electron chi connectivity index (χ0n) is 12.1. The fraction of sp³-hybridized carbons (Fsp3) is 0.857. The molecule has 6 nitrogen and oxygen atoms in total. The number of nitrogens with one attached hydrogen (secondary N) is 2. The Morgan fingerprint density at radius 2 is 1.65 bits per heavy atom. The van der Waals surface area contributed by atoms with Gasteiger partial charge in [-0.2, -0.15) is 0 Å². The molecule has 0 aromatic carbocycles. The summed E-state index contributed by atoms with van der Waals surface area (Å²) in [7, 11) is 0. The largest absolute Gasteiger partial charge is 0.386 e. The Morgan fingerprint density at radius 3 is 2.20 bits per heavy atom. The van der Waals surface area contributed by atoms with E-state index in [1.165, 1.54) is 6.42 Å². The van der Waals surface area contributed by atoms with Crippen molar-refractivity contribution in [2.45, 2.75) is 50.5 Å². The van der Waals surface area contributed by atoms with Crippen LogP contribution in [0.5, 0.6) is 0 Å². The van der Waals surface area contributed by atoms with Gasteiger partial charge in [-0.25, -0.2) is 4.79 Å². The Labute approximate surface area is 120 Å². The van der Waals surface area contributed by atoms with Gasteiger partial charge >= 0.3 is 6.03 Å². The number of carbonyl (C=O) groups excluding carboxylic acids is 1. The number of morpholine rings is 1. The summed E-state index contributed by atoms with van der Waals surface area (Å²) >= 11 is 0. The van der Waals surface area contributed by atoms with Gasteiger partial charge in [0.05, 0.1) is 18.8 Å². The van der Waals surface area contributed by atoms with Gasteiger partial charge in [0.2, 0.25) is 0 Å². The number of hydrogen-bond donors (Lipinski definition) is 3. The van der Waals surface area contributed by atoms with E-state index in [-0.39, 0.29) is 11.9 Å². The van der Waals surface area contributed by atoms with E-state index < -0.39 is 5.54 Å². The van der Waals surface area contributed by atoms with Crippen LogP contribution >= 0.6 is 0 Å². The molecule has 0 aromatic heterocycles. The van der Waals surface area contributed by atoms with Crippen LogP contribution in [0.15, 0.2) is 0 Å². The SMILES string of the molecule is N=C(N)C1(NC(=O)N2CCOCC2)CCCCCCC1. The van der Waals surface area contributed by atoms with Gasteiger partial charge in [0, 0.05) is 13.1 Å². The fourth-order valence-corrected chi connectivity index (χ4v) is 3.02. The second-order valence-corrected chi connectivity index (χ2v) is 5.79. The molecule has 0 bridgehead atoms. The van der Waals surface area contributed by atoms with Crippen LogP contribution in [0.25, 0.3) is 0 Å². The molecule has 2 aliphatic rings. The Kier molecular flexibility index (Phi) is 5.23. The maximum atomic E-state index is 12.4. The Bertz CT molecular complexity index is 345. The molecule has 0 unspecified atom stereocenters. The van der Waals surface area contributed by atoms with E-state index in [4.69, 9.17) is 15.9 Å². The second-order valence-electron chi connectivity index (χ2n) is 5.79. The number of amidine groups is 1. The molecule has 1 saturated carbocycles. The predicted molar refractivity (Wildman–Crippen MR) is 77.9 cm³/mol. The molecule has 0 spiro atoms. The number of carbonyl (C=O) groups is 1. The van der Waals surface area contributed by atoms with Crippen molar-refractivity contribution in [3.8, 4) is 0 Å². The number of ether oxygens (including phenoxy) is 1. The first kappa shape index (κ1) is 15.1. The van der Waals surface area contributed by atoms with Crippen LogP contribution in [0.1, 0.15) is 44.9 Å². The van der Waals surface area contributed by atoms with Crippen molar-refractivity contribution in [2.75, 3.05) is 26.3 Å². The first-order valence-corrected chi connectivity index (χ1v) is 7.63. The van der Waals surface area contributed by atoms with Crippen molar-refractivity contribution in [3.05, 3.63) is 0 Å².